The van der Waals surface area contributed by atoms with Gasteiger partial charge in [0.1, 0.15) is 11.4 Å². The molecular weight excluding hydrogens is 396 g/mol. The summed E-state index contributed by atoms with van der Waals surface area (Å²) in [5, 5.41) is 7.30. The summed E-state index contributed by atoms with van der Waals surface area (Å²) in [6, 6.07) is 3.42. The van der Waals surface area contributed by atoms with Crippen molar-refractivity contribution in [2.45, 2.75) is 33.7 Å². The normalized spacial score (nSPS) is 11.1. The van der Waals surface area contributed by atoms with Crippen LogP contribution in [-0.2, 0) is 11.3 Å². The van der Waals surface area contributed by atoms with Crippen molar-refractivity contribution in [3.8, 4) is 10.4 Å². The molecule has 2 N–H and O–H groups in total. The maximum atomic E-state index is 12.9. The lowest BCUT2D eigenvalue weighted by Crippen LogP contribution is -2.42. The van der Waals surface area contributed by atoms with Crippen LogP contribution in [0.5, 0.6) is 0 Å². The van der Waals surface area contributed by atoms with Gasteiger partial charge in [-0.1, -0.05) is 13.8 Å². The second-order valence-corrected chi connectivity index (χ2v) is 9.05. The molecule has 3 amide bonds. The summed E-state index contributed by atoms with van der Waals surface area (Å²) in [5.74, 6) is -0.103. The summed E-state index contributed by atoms with van der Waals surface area (Å²) in [6.07, 6.45) is 2.17. The third kappa shape index (κ3) is 4.66. The Labute approximate surface area is 170 Å². The van der Waals surface area contributed by atoms with E-state index in [1.54, 1.807) is 11.3 Å². The van der Waals surface area contributed by atoms with Crippen LogP contribution in [0.3, 0.4) is 0 Å². The number of nitrogens with one attached hydrogen (secondary N) is 2. The van der Waals surface area contributed by atoms with Crippen LogP contribution < -0.4 is 16.2 Å². The van der Waals surface area contributed by atoms with E-state index in [0.29, 0.717) is 22.7 Å². The van der Waals surface area contributed by atoms with Crippen LogP contribution in [0.2, 0.25) is 0 Å². The van der Waals surface area contributed by atoms with Crippen molar-refractivity contribution in [1.82, 2.24) is 20.2 Å². The molecule has 3 aromatic heterocycles. The molecule has 3 heterocycles. The Morgan fingerprint density at radius 1 is 1.29 bits per heavy atom. The number of aromatic nitrogens is 2. The van der Waals surface area contributed by atoms with Gasteiger partial charge in [-0.2, -0.15) is 0 Å². The fourth-order valence-electron chi connectivity index (χ4n) is 2.68. The number of thiophene rings is 2. The van der Waals surface area contributed by atoms with E-state index in [0.717, 1.165) is 21.7 Å². The summed E-state index contributed by atoms with van der Waals surface area (Å²) in [7, 11) is 0. The van der Waals surface area contributed by atoms with Crippen molar-refractivity contribution in [3.05, 3.63) is 39.1 Å². The van der Waals surface area contributed by atoms with Crippen LogP contribution in [0.15, 0.2) is 28.6 Å². The van der Waals surface area contributed by atoms with Gasteiger partial charge in [-0.05, 0) is 31.4 Å². The first kappa shape index (κ1) is 20.2. The Morgan fingerprint density at radius 3 is 2.75 bits per heavy atom. The minimum absolute atomic E-state index is 0.266. The topological polar surface area (TPSA) is 93.1 Å². The van der Waals surface area contributed by atoms with Crippen molar-refractivity contribution < 1.29 is 9.59 Å². The fraction of sp³-hybridized carbons (Fsp3) is 0.368. The summed E-state index contributed by atoms with van der Waals surface area (Å²) >= 11 is 3.00. The molecule has 0 saturated heterocycles. The predicted molar refractivity (Wildman–Crippen MR) is 113 cm³/mol. The van der Waals surface area contributed by atoms with Gasteiger partial charge in [0.2, 0.25) is 5.91 Å². The lowest BCUT2D eigenvalue weighted by Gasteiger charge is -2.09. The predicted octanol–water partition coefficient (Wildman–Crippen LogP) is 3.37. The number of amides is 3. The quantitative estimate of drug-likeness (QED) is 0.642. The highest BCUT2D eigenvalue weighted by molar-refractivity contribution is 7.19. The lowest BCUT2D eigenvalue weighted by atomic mass is 10.1. The van der Waals surface area contributed by atoms with Gasteiger partial charge in [0.05, 0.1) is 11.7 Å². The zero-order valence-corrected chi connectivity index (χ0v) is 17.6. The van der Waals surface area contributed by atoms with E-state index in [9.17, 15) is 14.4 Å². The maximum absolute atomic E-state index is 12.9. The highest BCUT2D eigenvalue weighted by Gasteiger charge is 2.16. The monoisotopic (exact) mass is 418 g/mol. The summed E-state index contributed by atoms with van der Waals surface area (Å²) in [4.78, 5) is 43.9. The molecule has 0 radical (unpaired) electrons. The molecule has 9 heteroatoms. The van der Waals surface area contributed by atoms with Gasteiger partial charge in [-0.3, -0.25) is 19.5 Å². The van der Waals surface area contributed by atoms with E-state index in [1.807, 2.05) is 24.4 Å². The van der Waals surface area contributed by atoms with E-state index in [-0.39, 0.29) is 12.1 Å². The second-order valence-electron chi connectivity index (χ2n) is 6.90. The van der Waals surface area contributed by atoms with E-state index >= 15 is 0 Å². The first-order valence-electron chi connectivity index (χ1n) is 8.96. The molecule has 0 bridgehead atoms. The summed E-state index contributed by atoms with van der Waals surface area (Å²) in [6.45, 7) is 6.34. The van der Waals surface area contributed by atoms with Crippen molar-refractivity contribution in [2.24, 2.45) is 5.92 Å². The van der Waals surface area contributed by atoms with Crippen LogP contribution in [0.25, 0.3) is 20.7 Å². The van der Waals surface area contributed by atoms with Crippen molar-refractivity contribution in [1.29, 1.82) is 0 Å². The number of carbonyl (C=O) groups excluding carboxylic acids is 2. The number of urea groups is 1. The summed E-state index contributed by atoms with van der Waals surface area (Å²) in [5.41, 5.74) is 0.541. The van der Waals surface area contributed by atoms with Crippen molar-refractivity contribution in [3.63, 3.8) is 0 Å². The van der Waals surface area contributed by atoms with Gasteiger partial charge < -0.3 is 5.32 Å². The Morgan fingerprint density at radius 2 is 2.07 bits per heavy atom. The largest absolute Gasteiger partial charge is 0.338 e. The lowest BCUT2D eigenvalue weighted by molar-refractivity contribution is -0.120. The molecular formula is C19H22N4O3S2. The molecule has 0 aliphatic carbocycles. The average Bonchev–Trinajstić information content (AvgIpc) is 3.23. The van der Waals surface area contributed by atoms with Gasteiger partial charge in [0.15, 0.2) is 0 Å². The molecule has 148 valence electrons. The number of fused-ring (bicyclic) bond motifs is 1. The van der Waals surface area contributed by atoms with Gasteiger partial charge in [-0.15, -0.1) is 22.7 Å². The van der Waals surface area contributed by atoms with E-state index in [1.165, 1.54) is 22.2 Å². The molecule has 0 saturated carbocycles. The molecule has 0 atom stereocenters. The number of aryl methyl sites for hydroxylation is 1. The first-order chi connectivity index (χ1) is 13.3. The number of carbonyl (C=O) groups is 2. The number of hydrogen-bond donors (Lipinski definition) is 2. The van der Waals surface area contributed by atoms with Gasteiger partial charge in [0, 0.05) is 27.2 Å². The SMILES string of the molecule is Cc1ccc(-c2csc3ncn(CC(=O)NC(=O)NCCC(C)C)c(=O)c23)s1. The summed E-state index contributed by atoms with van der Waals surface area (Å²) < 4.78 is 1.23. The third-order valence-electron chi connectivity index (χ3n) is 4.14. The van der Waals surface area contributed by atoms with Gasteiger partial charge in [-0.25, -0.2) is 9.78 Å². The molecule has 7 nitrogen and oxygen atoms in total. The van der Waals surface area contributed by atoms with Crippen LogP contribution >= 0.6 is 22.7 Å². The molecule has 0 aromatic carbocycles. The zero-order valence-electron chi connectivity index (χ0n) is 15.9. The van der Waals surface area contributed by atoms with Crippen molar-refractivity contribution >= 4 is 44.8 Å². The molecule has 0 fully saturated rings. The van der Waals surface area contributed by atoms with Crippen LogP contribution in [0.1, 0.15) is 25.1 Å². The molecule has 0 aliphatic heterocycles. The van der Waals surface area contributed by atoms with E-state index in [4.69, 9.17) is 0 Å². The molecule has 0 aliphatic rings. The van der Waals surface area contributed by atoms with Gasteiger partial charge >= 0.3 is 6.03 Å². The molecule has 3 rings (SSSR count). The third-order valence-corrected chi connectivity index (χ3v) is 6.06. The standard InChI is InChI=1S/C19H22N4O3S2/c1-11(2)6-7-20-19(26)22-15(24)8-23-10-21-17-16(18(23)25)13(9-27-17)14-5-4-12(3)28-14/h4-5,9-11H,6-8H2,1-3H3,(H2,20,22,24,26). The second kappa shape index (κ2) is 8.66. The Kier molecular flexibility index (Phi) is 6.25. The molecule has 3 aromatic rings. The highest BCUT2D eigenvalue weighted by atomic mass is 32.1. The van der Waals surface area contributed by atoms with Gasteiger partial charge in [0.25, 0.3) is 5.56 Å². The number of imide groups is 1. The highest BCUT2D eigenvalue weighted by Crippen LogP contribution is 2.34. The Bertz CT molecular complexity index is 1060. The van der Waals surface area contributed by atoms with Crippen molar-refractivity contribution in [2.75, 3.05) is 6.54 Å². The molecule has 28 heavy (non-hydrogen) atoms. The maximum Gasteiger partial charge on any atom is 0.321 e. The first-order valence-corrected chi connectivity index (χ1v) is 10.7. The zero-order chi connectivity index (χ0) is 20.3. The van der Waals surface area contributed by atoms with Crippen LogP contribution in [0.4, 0.5) is 4.79 Å². The van der Waals surface area contributed by atoms with E-state index < -0.39 is 11.9 Å². The molecule has 0 spiro atoms. The van der Waals surface area contributed by atoms with Crippen LogP contribution in [0, 0.1) is 12.8 Å². The number of hydrogen-bond acceptors (Lipinski definition) is 6. The Hall–Kier alpha value is -2.52. The Balaban J connectivity index is 1.75. The number of nitrogens with zero attached hydrogens (tertiary/aromatic N) is 2. The van der Waals surface area contributed by atoms with Crippen LogP contribution in [-0.4, -0.2) is 28.0 Å². The van der Waals surface area contributed by atoms with E-state index in [2.05, 4.69) is 29.5 Å². The minimum atomic E-state index is -0.561. The smallest absolute Gasteiger partial charge is 0.321 e. The average molecular weight is 419 g/mol. The fourth-order valence-corrected chi connectivity index (χ4v) is 4.54. The number of rotatable bonds is 6. The minimum Gasteiger partial charge on any atom is -0.338 e. The molecule has 0 unspecified atom stereocenters.